The average Bonchev–Trinajstić information content (AvgIpc) is 3.42. The van der Waals surface area contributed by atoms with Gasteiger partial charge in [-0.1, -0.05) is 19.1 Å². The van der Waals surface area contributed by atoms with E-state index in [1.165, 1.54) is 12.8 Å². The zero-order valence-corrected chi connectivity index (χ0v) is 15.5. The van der Waals surface area contributed by atoms with Crippen molar-refractivity contribution in [2.75, 3.05) is 32.7 Å². The van der Waals surface area contributed by atoms with Gasteiger partial charge >= 0.3 is 6.03 Å². The van der Waals surface area contributed by atoms with Crippen LogP contribution >= 0.6 is 0 Å². The highest BCUT2D eigenvalue weighted by Crippen LogP contribution is 2.30. The lowest BCUT2D eigenvalue weighted by atomic mass is 9.97. The molecule has 1 saturated carbocycles. The molecule has 140 valence electrons. The van der Waals surface area contributed by atoms with Crippen molar-refractivity contribution in [3.05, 3.63) is 30.2 Å². The van der Waals surface area contributed by atoms with Crippen molar-refractivity contribution in [1.82, 2.24) is 20.1 Å². The lowest BCUT2D eigenvalue weighted by Crippen LogP contribution is -2.46. The third kappa shape index (κ3) is 3.85. The zero-order valence-electron chi connectivity index (χ0n) is 15.5. The number of amides is 2. The van der Waals surface area contributed by atoms with Crippen LogP contribution in [0.3, 0.4) is 0 Å². The van der Waals surface area contributed by atoms with Gasteiger partial charge < -0.3 is 14.6 Å². The first-order chi connectivity index (χ1) is 12.7. The van der Waals surface area contributed by atoms with E-state index < -0.39 is 0 Å². The zero-order chi connectivity index (χ0) is 17.9. The van der Waals surface area contributed by atoms with Gasteiger partial charge in [-0.3, -0.25) is 4.90 Å². The SMILES string of the molecule is CCN(CCNC(=O)N1CCC(c2nc3ccccc3o2)CC1)C1CC1. The quantitative estimate of drug-likeness (QED) is 0.863. The van der Waals surface area contributed by atoms with Crippen molar-refractivity contribution in [2.45, 2.75) is 44.6 Å². The van der Waals surface area contributed by atoms with Crippen LogP contribution in [0.5, 0.6) is 0 Å². The van der Waals surface area contributed by atoms with Crippen molar-refractivity contribution in [1.29, 1.82) is 0 Å². The highest BCUT2D eigenvalue weighted by Gasteiger charge is 2.29. The molecule has 6 nitrogen and oxygen atoms in total. The summed E-state index contributed by atoms with van der Waals surface area (Å²) in [6.45, 7) is 6.46. The molecule has 1 aromatic heterocycles. The molecule has 0 bridgehead atoms. The molecule has 4 rings (SSSR count). The van der Waals surface area contributed by atoms with Gasteiger partial charge in [0.15, 0.2) is 11.5 Å². The van der Waals surface area contributed by atoms with Crippen LogP contribution in [-0.4, -0.2) is 59.6 Å². The fraction of sp³-hybridized carbons (Fsp3) is 0.600. The van der Waals surface area contributed by atoms with E-state index in [4.69, 9.17) is 4.42 Å². The first-order valence-corrected chi connectivity index (χ1v) is 9.87. The Bertz CT molecular complexity index is 714. The number of likely N-dealkylation sites (tertiary alicyclic amines) is 1. The van der Waals surface area contributed by atoms with Crippen molar-refractivity contribution >= 4 is 17.1 Å². The summed E-state index contributed by atoms with van der Waals surface area (Å²) in [5.41, 5.74) is 1.76. The molecule has 2 aliphatic rings. The largest absolute Gasteiger partial charge is 0.440 e. The Morgan fingerprint density at radius 2 is 2.04 bits per heavy atom. The number of piperidine rings is 1. The minimum Gasteiger partial charge on any atom is -0.440 e. The fourth-order valence-electron chi connectivity index (χ4n) is 3.85. The number of oxazole rings is 1. The molecule has 2 aromatic rings. The third-order valence-electron chi connectivity index (χ3n) is 5.59. The minimum absolute atomic E-state index is 0.0628. The summed E-state index contributed by atoms with van der Waals surface area (Å²) in [6.07, 6.45) is 4.43. The summed E-state index contributed by atoms with van der Waals surface area (Å²) in [5.74, 6) is 1.12. The van der Waals surface area contributed by atoms with Crippen molar-refractivity contribution in [3.63, 3.8) is 0 Å². The van der Waals surface area contributed by atoms with Gasteiger partial charge in [0.1, 0.15) is 5.52 Å². The topological polar surface area (TPSA) is 61.6 Å². The van der Waals surface area contributed by atoms with Crippen molar-refractivity contribution in [2.24, 2.45) is 0 Å². The Morgan fingerprint density at radius 1 is 1.27 bits per heavy atom. The second-order valence-corrected chi connectivity index (χ2v) is 7.37. The summed E-state index contributed by atoms with van der Waals surface area (Å²) in [7, 11) is 0. The third-order valence-corrected chi connectivity index (χ3v) is 5.59. The Hall–Kier alpha value is -2.08. The minimum atomic E-state index is 0.0628. The number of carbonyl (C=O) groups excluding carboxylic acids is 1. The van der Waals surface area contributed by atoms with Crippen molar-refractivity contribution < 1.29 is 9.21 Å². The van der Waals surface area contributed by atoms with Crippen LogP contribution in [-0.2, 0) is 0 Å². The van der Waals surface area contributed by atoms with Gasteiger partial charge in [-0.05, 0) is 44.4 Å². The summed E-state index contributed by atoms with van der Waals surface area (Å²) < 4.78 is 5.90. The molecule has 1 aromatic carbocycles. The van der Waals surface area contributed by atoms with E-state index in [2.05, 4.69) is 22.1 Å². The molecular formula is C20H28N4O2. The molecule has 1 aliphatic heterocycles. The number of hydrogen-bond acceptors (Lipinski definition) is 4. The molecule has 26 heavy (non-hydrogen) atoms. The van der Waals surface area contributed by atoms with Gasteiger partial charge in [0.05, 0.1) is 0 Å². The first-order valence-electron chi connectivity index (χ1n) is 9.87. The highest BCUT2D eigenvalue weighted by molar-refractivity contribution is 5.74. The number of urea groups is 1. The number of para-hydroxylation sites is 2. The van der Waals surface area contributed by atoms with Crippen LogP contribution in [0.2, 0.25) is 0 Å². The summed E-state index contributed by atoms with van der Waals surface area (Å²) >= 11 is 0. The summed E-state index contributed by atoms with van der Waals surface area (Å²) in [5, 5.41) is 3.08. The number of benzene rings is 1. The fourth-order valence-corrected chi connectivity index (χ4v) is 3.85. The van der Waals surface area contributed by atoms with Crippen LogP contribution in [0, 0.1) is 0 Å². The van der Waals surface area contributed by atoms with Crippen LogP contribution in [0.25, 0.3) is 11.1 Å². The number of carbonyl (C=O) groups is 1. The molecule has 1 saturated heterocycles. The van der Waals surface area contributed by atoms with Gasteiger partial charge in [-0.25, -0.2) is 9.78 Å². The monoisotopic (exact) mass is 356 g/mol. The predicted molar refractivity (Wildman–Crippen MR) is 101 cm³/mol. The number of fused-ring (bicyclic) bond motifs is 1. The Labute approximate surface area is 154 Å². The van der Waals surface area contributed by atoms with Crippen LogP contribution in [0.1, 0.15) is 44.4 Å². The maximum Gasteiger partial charge on any atom is 0.317 e. The molecule has 0 atom stereocenters. The number of likely N-dealkylation sites (N-methyl/N-ethyl adjacent to an activating group) is 1. The number of nitrogens with zero attached hydrogens (tertiary/aromatic N) is 3. The maximum absolute atomic E-state index is 12.4. The van der Waals surface area contributed by atoms with E-state index in [1.807, 2.05) is 29.2 Å². The van der Waals surface area contributed by atoms with Crippen LogP contribution < -0.4 is 5.32 Å². The molecule has 6 heteroatoms. The Morgan fingerprint density at radius 3 is 2.73 bits per heavy atom. The van der Waals surface area contributed by atoms with E-state index in [0.717, 1.165) is 68.6 Å². The van der Waals surface area contributed by atoms with Gasteiger partial charge in [0, 0.05) is 38.1 Å². The highest BCUT2D eigenvalue weighted by atomic mass is 16.3. The van der Waals surface area contributed by atoms with Gasteiger partial charge in [0.25, 0.3) is 0 Å². The Balaban J connectivity index is 1.24. The predicted octanol–water partition coefficient (Wildman–Crippen LogP) is 3.20. The molecule has 1 aliphatic carbocycles. The lowest BCUT2D eigenvalue weighted by Gasteiger charge is -2.31. The molecule has 0 unspecified atom stereocenters. The van der Waals surface area contributed by atoms with Gasteiger partial charge in [-0.15, -0.1) is 0 Å². The molecule has 1 N–H and O–H groups in total. The van der Waals surface area contributed by atoms with Gasteiger partial charge in [0.2, 0.25) is 0 Å². The normalized spacial score (nSPS) is 18.6. The van der Waals surface area contributed by atoms with Crippen LogP contribution in [0.15, 0.2) is 28.7 Å². The molecule has 2 amide bonds. The average molecular weight is 356 g/mol. The smallest absolute Gasteiger partial charge is 0.317 e. The molecule has 0 radical (unpaired) electrons. The van der Waals surface area contributed by atoms with Crippen LogP contribution in [0.4, 0.5) is 4.79 Å². The van der Waals surface area contributed by atoms with Crippen molar-refractivity contribution in [3.8, 4) is 0 Å². The lowest BCUT2D eigenvalue weighted by molar-refractivity contribution is 0.175. The standard InChI is InChI=1S/C20H28N4O2/c1-2-23(16-7-8-16)14-11-21-20(25)24-12-9-15(10-13-24)19-22-17-5-3-4-6-18(17)26-19/h3-6,15-16H,2,7-14H2,1H3,(H,21,25). The Kier molecular flexibility index (Phi) is 5.11. The number of nitrogens with one attached hydrogen (secondary N) is 1. The summed E-state index contributed by atoms with van der Waals surface area (Å²) in [4.78, 5) is 21.4. The maximum atomic E-state index is 12.4. The number of hydrogen-bond donors (Lipinski definition) is 1. The van der Waals surface area contributed by atoms with E-state index in [1.54, 1.807) is 0 Å². The van der Waals surface area contributed by atoms with E-state index in [0.29, 0.717) is 5.92 Å². The second-order valence-electron chi connectivity index (χ2n) is 7.37. The number of rotatable bonds is 6. The van der Waals surface area contributed by atoms with Gasteiger partial charge in [-0.2, -0.15) is 0 Å². The molecule has 2 fully saturated rings. The second kappa shape index (κ2) is 7.66. The van der Waals surface area contributed by atoms with E-state index in [-0.39, 0.29) is 6.03 Å². The molecule has 0 spiro atoms. The number of aromatic nitrogens is 1. The first kappa shape index (κ1) is 17.3. The van der Waals surface area contributed by atoms with E-state index >= 15 is 0 Å². The molecule has 2 heterocycles. The summed E-state index contributed by atoms with van der Waals surface area (Å²) in [6, 6.07) is 8.69. The molecular weight excluding hydrogens is 328 g/mol. The van der Waals surface area contributed by atoms with E-state index in [9.17, 15) is 4.79 Å².